The van der Waals surface area contributed by atoms with Crippen molar-refractivity contribution < 1.29 is 31.9 Å². The fourth-order valence-electron chi connectivity index (χ4n) is 2.93. The Bertz CT molecular complexity index is 1320. The Labute approximate surface area is 189 Å². The van der Waals surface area contributed by atoms with E-state index in [2.05, 4.69) is 15.4 Å². The summed E-state index contributed by atoms with van der Waals surface area (Å²) in [5.74, 6) is -0.528. The molecule has 0 unspecified atom stereocenters. The van der Waals surface area contributed by atoms with Gasteiger partial charge in [0.25, 0.3) is 10.0 Å². The zero-order valence-electron chi connectivity index (χ0n) is 18.0. The van der Waals surface area contributed by atoms with Gasteiger partial charge >= 0.3 is 6.09 Å². The van der Waals surface area contributed by atoms with E-state index < -0.39 is 33.4 Å². The molecule has 0 spiro atoms. The van der Waals surface area contributed by atoms with Gasteiger partial charge in [-0.1, -0.05) is 6.07 Å². The molecule has 2 aromatic carbocycles. The van der Waals surface area contributed by atoms with Gasteiger partial charge in [0, 0.05) is 5.69 Å². The van der Waals surface area contributed by atoms with Crippen LogP contribution in [0.1, 0.15) is 19.6 Å². The van der Waals surface area contributed by atoms with Gasteiger partial charge in [-0.25, -0.2) is 17.6 Å². The molecule has 3 aromatic rings. The number of halogens is 1. The second kappa shape index (κ2) is 8.94. The van der Waals surface area contributed by atoms with Crippen molar-refractivity contribution in [1.82, 2.24) is 5.32 Å². The minimum absolute atomic E-state index is 0.114. The maximum atomic E-state index is 14.6. The molecule has 1 heterocycles. The zero-order valence-corrected chi connectivity index (χ0v) is 18.8. The number of anilines is 2. The average molecular weight is 475 g/mol. The van der Waals surface area contributed by atoms with E-state index in [0.29, 0.717) is 5.76 Å². The fraction of sp³-hybridized carbons (Fsp3) is 0.182. The minimum atomic E-state index is -4.14. The summed E-state index contributed by atoms with van der Waals surface area (Å²) in [4.78, 5) is 22.9. The smallest absolute Gasteiger partial charge is 0.405 e. The Morgan fingerprint density at radius 2 is 1.73 bits per heavy atom. The van der Waals surface area contributed by atoms with Crippen molar-refractivity contribution in [3.8, 4) is 11.3 Å². The van der Waals surface area contributed by atoms with Crippen molar-refractivity contribution in [2.75, 3.05) is 10.0 Å². The summed E-state index contributed by atoms with van der Waals surface area (Å²) in [7, 11) is -4.14. The van der Waals surface area contributed by atoms with Crippen molar-refractivity contribution in [3.05, 3.63) is 66.2 Å². The van der Waals surface area contributed by atoms with E-state index in [9.17, 15) is 22.4 Å². The lowest BCUT2D eigenvalue weighted by molar-refractivity contribution is -0.121. The molecule has 0 bridgehead atoms. The van der Waals surface area contributed by atoms with Crippen LogP contribution in [0.3, 0.4) is 0 Å². The molecule has 174 valence electrons. The number of benzene rings is 2. The van der Waals surface area contributed by atoms with Gasteiger partial charge in [-0.3, -0.25) is 9.52 Å². The number of carbonyl (C=O) groups excluding carboxylic acids is 1. The normalized spacial score (nSPS) is 11.6. The maximum absolute atomic E-state index is 14.6. The quantitative estimate of drug-likeness (QED) is 0.404. The van der Waals surface area contributed by atoms with E-state index in [1.807, 2.05) is 0 Å². The number of hydrogen-bond acceptors (Lipinski definition) is 5. The van der Waals surface area contributed by atoms with Gasteiger partial charge in [0.05, 0.1) is 16.1 Å². The molecule has 0 atom stereocenters. The topological polar surface area (TPSA) is 138 Å². The third-order valence-corrected chi connectivity index (χ3v) is 6.00. The van der Waals surface area contributed by atoms with Crippen molar-refractivity contribution >= 4 is 33.4 Å². The predicted octanol–water partition coefficient (Wildman–Crippen LogP) is 4.18. The van der Waals surface area contributed by atoms with E-state index in [1.165, 1.54) is 50.2 Å². The third-order valence-electron chi connectivity index (χ3n) is 4.62. The summed E-state index contributed by atoms with van der Waals surface area (Å²) in [5, 5.41) is 13.5. The van der Waals surface area contributed by atoms with Crippen LogP contribution in [-0.4, -0.2) is 31.1 Å². The number of rotatable bonds is 7. The zero-order chi connectivity index (χ0) is 24.4. The molecule has 9 nitrogen and oxygen atoms in total. The minimum Gasteiger partial charge on any atom is -0.465 e. The molecular weight excluding hydrogens is 453 g/mol. The Hall–Kier alpha value is -3.86. The number of nitrogens with one attached hydrogen (secondary N) is 3. The van der Waals surface area contributed by atoms with E-state index >= 15 is 0 Å². The van der Waals surface area contributed by atoms with Gasteiger partial charge in [-0.15, -0.1) is 0 Å². The Balaban J connectivity index is 1.78. The molecule has 0 aliphatic heterocycles. The molecule has 0 saturated carbocycles. The van der Waals surface area contributed by atoms with Crippen LogP contribution >= 0.6 is 0 Å². The highest BCUT2D eigenvalue weighted by atomic mass is 32.2. The summed E-state index contributed by atoms with van der Waals surface area (Å²) in [6, 6.07) is 12.5. The SMILES string of the molecule is Cc1ccc(-c2ccc(S(=O)(=O)Nc3cccc(NC(=O)C(C)(C)NC(=O)O)c3)cc2F)o1. The third kappa shape index (κ3) is 5.69. The largest absolute Gasteiger partial charge is 0.465 e. The van der Waals surface area contributed by atoms with Crippen LogP contribution in [-0.2, 0) is 14.8 Å². The first kappa shape index (κ1) is 23.8. The predicted molar refractivity (Wildman–Crippen MR) is 120 cm³/mol. The molecular formula is C22H22FN3O6S. The van der Waals surface area contributed by atoms with E-state index in [0.717, 1.165) is 6.07 Å². The van der Waals surface area contributed by atoms with Crippen LogP contribution in [0.15, 0.2) is 63.9 Å². The first-order valence-electron chi connectivity index (χ1n) is 9.69. The Morgan fingerprint density at radius 1 is 1.03 bits per heavy atom. The lowest BCUT2D eigenvalue weighted by atomic mass is 10.0. The standard InChI is InChI=1S/C22H22FN3O6S/c1-13-7-10-19(32-13)17-9-8-16(12-18(17)23)33(30,31)26-15-6-4-5-14(11-15)24-20(27)22(2,3)25-21(28)29/h4-12,25-26H,1-3H3,(H,24,27)(H,28,29). The molecule has 33 heavy (non-hydrogen) atoms. The summed E-state index contributed by atoms with van der Waals surface area (Å²) < 4.78 is 47.8. The first-order chi connectivity index (χ1) is 15.4. The summed E-state index contributed by atoms with van der Waals surface area (Å²) in [6.07, 6.45) is -1.36. The van der Waals surface area contributed by atoms with Crippen LogP contribution in [0, 0.1) is 12.7 Å². The maximum Gasteiger partial charge on any atom is 0.405 e. The molecule has 0 saturated heterocycles. The van der Waals surface area contributed by atoms with Crippen LogP contribution in [0.2, 0.25) is 0 Å². The number of hydrogen-bond donors (Lipinski definition) is 4. The molecule has 2 amide bonds. The second-order valence-electron chi connectivity index (χ2n) is 7.75. The number of amides is 2. The summed E-state index contributed by atoms with van der Waals surface area (Å²) in [6.45, 7) is 4.47. The van der Waals surface area contributed by atoms with Gasteiger partial charge in [0.2, 0.25) is 5.91 Å². The van der Waals surface area contributed by atoms with Crippen LogP contribution in [0.5, 0.6) is 0 Å². The summed E-state index contributed by atoms with van der Waals surface area (Å²) in [5.41, 5.74) is -0.949. The first-order valence-corrected chi connectivity index (χ1v) is 11.2. The highest BCUT2D eigenvalue weighted by Crippen LogP contribution is 2.28. The lowest BCUT2D eigenvalue weighted by Crippen LogP contribution is -2.51. The Kier molecular flexibility index (Phi) is 6.45. The molecule has 1 aromatic heterocycles. The highest BCUT2D eigenvalue weighted by molar-refractivity contribution is 7.92. The van der Waals surface area contributed by atoms with Crippen molar-refractivity contribution in [2.45, 2.75) is 31.2 Å². The van der Waals surface area contributed by atoms with Crippen molar-refractivity contribution in [3.63, 3.8) is 0 Å². The van der Waals surface area contributed by atoms with Gasteiger partial charge in [-0.05, 0) is 69.3 Å². The van der Waals surface area contributed by atoms with Crippen LogP contribution in [0.4, 0.5) is 20.6 Å². The molecule has 4 N–H and O–H groups in total. The molecule has 0 aliphatic carbocycles. The van der Waals surface area contributed by atoms with Crippen molar-refractivity contribution in [1.29, 1.82) is 0 Å². The average Bonchev–Trinajstić information content (AvgIpc) is 3.12. The van der Waals surface area contributed by atoms with E-state index in [1.54, 1.807) is 19.1 Å². The van der Waals surface area contributed by atoms with Gasteiger partial charge in [0.15, 0.2) is 0 Å². The van der Waals surface area contributed by atoms with Gasteiger partial charge < -0.3 is 20.2 Å². The van der Waals surface area contributed by atoms with Crippen LogP contribution in [0.25, 0.3) is 11.3 Å². The number of furan rings is 1. The van der Waals surface area contributed by atoms with Crippen LogP contribution < -0.4 is 15.4 Å². The summed E-state index contributed by atoms with van der Waals surface area (Å²) >= 11 is 0. The molecule has 0 aliphatic rings. The Morgan fingerprint density at radius 3 is 2.33 bits per heavy atom. The highest BCUT2D eigenvalue weighted by Gasteiger charge is 2.29. The number of aryl methyl sites for hydroxylation is 1. The molecule has 0 radical (unpaired) electrons. The molecule has 0 fully saturated rings. The van der Waals surface area contributed by atoms with Crippen molar-refractivity contribution in [2.24, 2.45) is 0 Å². The molecule has 3 rings (SSSR count). The lowest BCUT2D eigenvalue weighted by Gasteiger charge is -2.23. The number of carboxylic acid groups (broad SMARTS) is 1. The monoisotopic (exact) mass is 475 g/mol. The number of sulfonamides is 1. The second-order valence-corrected chi connectivity index (χ2v) is 9.43. The van der Waals surface area contributed by atoms with E-state index in [-0.39, 0.29) is 27.6 Å². The van der Waals surface area contributed by atoms with E-state index in [4.69, 9.17) is 9.52 Å². The van der Waals surface area contributed by atoms with Gasteiger partial charge in [0.1, 0.15) is 22.9 Å². The fourth-order valence-corrected chi connectivity index (χ4v) is 3.99. The number of carbonyl (C=O) groups is 2. The van der Waals surface area contributed by atoms with Gasteiger partial charge in [-0.2, -0.15) is 0 Å². The molecule has 11 heteroatoms.